The van der Waals surface area contributed by atoms with Crippen molar-refractivity contribution in [2.75, 3.05) is 39.6 Å². The number of aliphatic hydroxyl groups excluding tert-OH is 1. The number of nitrogens with one attached hydrogen (secondary N) is 1. The molecule has 2 saturated heterocycles. The van der Waals surface area contributed by atoms with Crippen molar-refractivity contribution in [1.82, 2.24) is 13.9 Å². The molecule has 0 spiro atoms. The molecule has 2 fully saturated rings. The Morgan fingerprint density at radius 2 is 1.65 bits per heavy atom. The topological polar surface area (TPSA) is 184 Å². The van der Waals surface area contributed by atoms with Crippen LogP contribution in [0.3, 0.4) is 0 Å². The molecule has 16 heteroatoms. The van der Waals surface area contributed by atoms with Crippen molar-refractivity contribution in [3.05, 3.63) is 84.4 Å². The minimum absolute atomic E-state index is 0.0367. The van der Waals surface area contributed by atoms with Gasteiger partial charge in [-0.15, -0.1) is 0 Å². The molecule has 0 radical (unpaired) electrons. The van der Waals surface area contributed by atoms with E-state index >= 15 is 0 Å². The lowest BCUT2D eigenvalue weighted by molar-refractivity contribution is -0.273. The molecular formula is C38H48N3O11S2-. The van der Waals surface area contributed by atoms with E-state index in [0.717, 1.165) is 10.5 Å². The number of sulfonamides is 2. The van der Waals surface area contributed by atoms with E-state index in [1.54, 1.807) is 18.2 Å². The lowest BCUT2D eigenvalue weighted by atomic mass is 9.87. The minimum atomic E-state index is -4.30. The van der Waals surface area contributed by atoms with Gasteiger partial charge in [-0.25, -0.2) is 21.6 Å². The van der Waals surface area contributed by atoms with Gasteiger partial charge < -0.3 is 38.9 Å². The van der Waals surface area contributed by atoms with Gasteiger partial charge in [0.1, 0.15) is 6.09 Å². The second-order valence-corrected chi connectivity index (χ2v) is 18.4. The zero-order chi connectivity index (χ0) is 38.5. The van der Waals surface area contributed by atoms with Crippen LogP contribution in [0.5, 0.6) is 11.5 Å². The first kappa shape index (κ1) is 39.9. The quantitative estimate of drug-likeness (QED) is 0.181. The summed E-state index contributed by atoms with van der Waals surface area (Å²) in [5, 5.41) is 25.1. The van der Waals surface area contributed by atoms with Crippen LogP contribution in [0.1, 0.15) is 45.1 Å². The molecule has 3 heterocycles. The predicted octanol–water partition coefficient (Wildman–Crippen LogP) is 2.96. The minimum Gasteiger partial charge on any atom is -0.530 e. The maximum absolute atomic E-state index is 14.5. The van der Waals surface area contributed by atoms with Gasteiger partial charge in [0.2, 0.25) is 26.8 Å². The Hall–Kier alpha value is -3.77. The fraction of sp³-hybridized carbons (Fsp3) is 0.500. The Kier molecular flexibility index (Phi) is 12.5. The van der Waals surface area contributed by atoms with Gasteiger partial charge in [-0.05, 0) is 60.9 Å². The Morgan fingerprint density at radius 3 is 2.37 bits per heavy atom. The first-order chi connectivity index (χ1) is 25.7. The maximum atomic E-state index is 14.5. The van der Waals surface area contributed by atoms with Crippen LogP contribution < -0.4 is 19.3 Å². The molecular weight excluding hydrogens is 739 g/mol. The van der Waals surface area contributed by atoms with Crippen molar-refractivity contribution < 1.29 is 50.8 Å². The second kappa shape index (κ2) is 16.9. The first-order valence-corrected chi connectivity index (χ1v) is 21.1. The molecule has 0 aliphatic carbocycles. The number of carbonyl (C=O) groups is 1. The van der Waals surface area contributed by atoms with Gasteiger partial charge >= 0.3 is 0 Å². The molecule has 1 amide bonds. The third kappa shape index (κ3) is 9.36. The van der Waals surface area contributed by atoms with Gasteiger partial charge in [0, 0.05) is 31.6 Å². The highest BCUT2D eigenvalue weighted by Gasteiger charge is 2.47. The predicted molar refractivity (Wildman–Crippen MR) is 195 cm³/mol. The molecule has 0 saturated carbocycles. The molecule has 0 aromatic heterocycles. The average Bonchev–Trinajstić information content (AvgIpc) is 3.90. The molecule has 2 N–H and O–H groups in total. The first-order valence-electron chi connectivity index (χ1n) is 18.1. The van der Waals surface area contributed by atoms with Gasteiger partial charge in [-0.1, -0.05) is 68.8 Å². The number of amides is 1. The lowest BCUT2D eigenvalue weighted by Crippen LogP contribution is -2.61. The molecule has 3 aromatic rings. The molecule has 6 rings (SSSR count). The Labute approximate surface area is 317 Å². The number of hydrogen-bond donors (Lipinski definition) is 2. The number of ether oxygens (including phenoxy) is 4. The molecule has 294 valence electrons. The highest BCUT2D eigenvalue weighted by atomic mass is 32.2. The molecule has 14 nitrogen and oxygen atoms in total. The number of hydrogen-bond acceptors (Lipinski definition) is 11. The van der Waals surface area contributed by atoms with Crippen LogP contribution in [0, 0.1) is 11.3 Å². The van der Waals surface area contributed by atoms with Crippen LogP contribution >= 0.6 is 0 Å². The fourth-order valence-corrected chi connectivity index (χ4v) is 10.2. The van der Waals surface area contributed by atoms with Crippen molar-refractivity contribution in [2.45, 2.75) is 80.2 Å². The number of carboxylic acid groups (broad SMARTS) is 1. The van der Waals surface area contributed by atoms with Gasteiger partial charge in [-0.2, -0.15) is 4.31 Å². The maximum Gasteiger partial charge on any atom is 0.243 e. The van der Waals surface area contributed by atoms with Crippen molar-refractivity contribution >= 4 is 26.1 Å². The normalized spacial score (nSPS) is 20.9. The molecule has 3 aliphatic heterocycles. The van der Waals surface area contributed by atoms with Crippen LogP contribution in [0.15, 0.2) is 88.7 Å². The van der Waals surface area contributed by atoms with E-state index in [-0.39, 0.29) is 54.4 Å². The van der Waals surface area contributed by atoms with E-state index in [4.69, 9.17) is 18.9 Å². The summed E-state index contributed by atoms with van der Waals surface area (Å²) in [5.41, 5.74) is 0.0947. The highest BCUT2D eigenvalue weighted by Crippen LogP contribution is 2.38. The number of unbranched alkanes of at least 4 members (excludes halogenated alkanes) is 1. The molecule has 3 aliphatic rings. The summed E-state index contributed by atoms with van der Waals surface area (Å²) in [6.07, 6.45) is -1.30. The smallest absolute Gasteiger partial charge is 0.243 e. The molecule has 3 aromatic carbocycles. The molecule has 0 unspecified atom stereocenters. The Morgan fingerprint density at radius 1 is 0.944 bits per heavy atom. The number of fused-ring (bicyclic) bond motifs is 2. The molecule has 54 heavy (non-hydrogen) atoms. The van der Waals surface area contributed by atoms with Gasteiger partial charge in [0.15, 0.2) is 17.8 Å². The summed E-state index contributed by atoms with van der Waals surface area (Å²) in [6, 6.07) is 19.7. The molecule has 0 bridgehead atoms. The van der Waals surface area contributed by atoms with Crippen molar-refractivity contribution in [3.8, 4) is 11.5 Å². The summed E-state index contributed by atoms with van der Waals surface area (Å²) in [4.78, 5) is 14.2. The van der Waals surface area contributed by atoms with Crippen LogP contribution in [-0.2, 0) is 35.9 Å². The zero-order valence-electron chi connectivity index (χ0n) is 30.4. The third-order valence-corrected chi connectivity index (χ3v) is 13.6. The van der Waals surface area contributed by atoms with Crippen molar-refractivity contribution in [1.29, 1.82) is 0 Å². The van der Waals surface area contributed by atoms with Crippen molar-refractivity contribution in [3.63, 3.8) is 0 Å². The summed E-state index contributed by atoms with van der Waals surface area (Å²) >= 11 is 0. The van der Waals surface area contributed by atoms with E-state index in [1.807, 2.05) is 44.2 Å². The summed E-state index contributed by atoms with van der Waals surface area (Å²) in [7, 11) is -7.97. The second-order valence-electron chi connectivity index (χ2n) is 14.7. The Bertz CT molecular complexity index is 1950. The monoisotopic (exact) mass is 786 g/mol. The summed E-state index contributed by atoms with van der Waals surface area (Å²) in [5.74, 6) is 0.413. The van der Waals surface area contributed by atoms with E-state index in [0.29, 0.717) is 38.0 Å². The lowest BCUT2D eigenvalue weighted by Gasteiger charge is -2.43. The fourth-order valence-electron chi connectivity index (χ4n) is 7.46. The number of carbonyl (C=O) groups excluding carboxylic acids is 1. The van der Waals surface area contributed by atoms with Crippen LogP contribution in [0.25, 0.3) is 0 Å². The van der Waals surface area contributed by atoms with Crippen LogP contribution in [-0.4, -0.2) is 101 Å². The number of rotatable bonds is 18. The van der Waals surface area contributed by atoms with Gasteiger partial charge in [0.25, 0.3) is 0 Å². The third-order valence-electron chi connectivity index (χ3n) is 10.3. The average molecular weight is 787 g/mol. The Balaban J connectivity index is 1.24. The van der Waals surface area contributed by atoms with Gasteiger partial charge in [0.05, 0.1) is 41.2 Å². The zero-order valence-corrected chi connectivity index (χ0v) is 32.0. The van der Waals surface area contributed by atoms with E-state index in [2.05, 4.69) is 4.72 Å². The van der Waals surface area contributed by atoms with E-state index in [9.17, 15) is 31.8 Å². The standard InChI is InChI=1S/C38H49N3O11S2/c1-38(2,18-9-10-19-39-53(45,46)28-13-7-4-8-14-28)25-40(54(47,48)29-15-16-34-35(22-29)52-26-51-34)23-33(42)31(21-27-11-5-3-6-12-27)41(37(43)44)32-24-50-36-30(32)17-20-49-36/h3-8,11-16,22,30-33,36,39,42H,9-10,17-21,23-26H2,1-2H3,(H,43,44)/p-1/t30-,31-,32-,33+,36+/m0/s1. The van der Waals surface area contributed by atoms with Crippen LogP contribution in [0.4, 0.5) is 4.79 Å². The largest absolute Gasteiger partial charge is 0.530 e. The molecule has 5 atom stereocenters. The van der Waals surface area contributed by atoms with Gasteiger partial charge in [-0.3, -0.25) is 0 Å². The van der Waals surface area contributed by atoms with Crippen LogP contribution in [0.2, 0.25) is 0 Å². The summed E-state index contributed by atoms with van der Waals surface area (Å²) < 4.78 is 80.5. The van der Waals surface area contributed by atoms with E-state index in [1.165, 1.54) is 34.6 Å². The van der Waals surface area contributed by atoms with Crippen molar-refractivity contribution in [2.24, 2.45) is 11.3 Å². The SMILES string of the molecule is CC(C)(CCCCNS(=O)(=O)c1ccccc1)CN(C[C@@H](O)[C@H](Cc1ccccc1)N(C(=O)[O-])[C@H]1CO[C@H]2OCC[C@H]21)S(=O)(=O)c1ccc2c(c1)OCO2. The summed E-state index contributed by atoms with van der Waals surface area (Å²) in [6.45, 7) is 3.95. The number of nitrogens with zero attached hydrogens (tertiary/aromatic N) is 2. The highest BCUT2D eigenvalue weighted by molar-refractivity contribution is 7.89. The van der Waals surface area contributed by atoms with E-state index < -0.39 is 62.6 Å². The number of benzene rings is 3. The number of aliphatic hydroxyl groups is 1.